The van der Waals surface area contributed by atoms with E-state index in [0.29, 0.717) is 5.76 Å². The van der Waals surface area contributed by atoms with Crippen molar-refractivity contribution in [3.05, 3.63) is 23.7 Å². The first-order valence-electron chi connectivity index (χ1n) is 4.02. The fraction of sp³-hybridized carbons (Fsp3) is 0.556. The van der Waals surface area contributed by atoms with Gasteiger partial charge in [0.05, 0.1) is 12.7 Å². The lowest BCUT2D eigenvalue weighted by Crippen LogP contribution is -2.10. The van der Waals surface area contributed by atoms with Crippen molar-refractivity contribution in [2.24, 2.45) is 0 Å². The molecule has 1 heterocycles. The number of furan rings is 1. The van der Waals surface area contributed by atoms with Gasteiger partial charge < -0.3 is 4.42 Å². The van der Waals surface area contributed by atoms with Gasteiger partial charge in [0.25, 0.3) is 0 Å². The average molecular weight is 192 g/mol. The molecule has 1 aromatic rings. The zero-order valence-corrected chi connectivity index (χ0v) is 7.48. The Kier molecular flexibility index (Phi) is 2.68. The molecule has 0 atom stereocenters. The van der Waals surface area contributed by atoms with Crippen LogP contribution in [0.5, 0.6) is 0 Å². The van der Waals surface area contributed by atoms with Gasteiger partial charge in [-0.2, -0.15) is 13.2 Å². The van der Waals surface area contributed by atoms with E-state index in [0.717, 1.165) is 0 Å². The van der Waals surface area contributed by atoms with E-state index >= 15 is 0 Å². The van der Waals surface area contributed by atoms with E-state index < -0.39 is 12.6 Å². The second-order valence-electron chi connectivity index (χ2n) is 3.30. The normalized spacial score (nSPS) is 12.5. The molecule has 0 aliphatic heterocycles. The molecule has 0 spiro atoms. The van der Waals surface area contributed by atoms with Gasteiger partial charge in [-0.3, -0.25) is 0 Å². The summed E-state index contributed by atoms with van der Waals surface area (Å²) >= 11 is 0. The van der Waals surface area contributed by atoms with Crippen molar-refractivity contribution in [1.82, 2.24) is 0 Å². The van der Waals surface area contributed by atoms with Crippen molar-refractivity contribution in [2.75, 3.05) is 0 Å². The molecule has 0 unspecified atom stereocenters. The van der Waals surface area contributed by atoms with Crippen LogP contribution in [-0.2, 0) is 6.42 Å². The third-order valence-electron chi connectivity index (χ3n) is 1.65. The second-order valence-corrected chi connectivity index (χ2v) is 3.30. The molecule has 0 saturated heterocycles. The third-order valence-corrected chi connectivity index (χ3v) is 1.65. The van der Waals surface area contributed by atoms with Crippen LogP contribution in [-0.4, -0.2) is 6.18 Å². The molecule has 0 aromatic carbocycles. The van der Waals surface area contributed by atoms with Crippen LogP contribution < -0.4 is 0 Å². The maximum atomic E-state index is 11.9. The topological polar surface area (TPSA) is 13.1 Å². The number of halogens is 3. The smallest absolute Gasteiger partial charge is 0.393 e. The summed E-state index contributed by atoms with van der Waals surface area (Å²) in [6, 6.07) is 1.46. The average Bonchev–Trinajstić information content (AvgIpc) is 2.31. The Morgan fingerprint density at radius 1 is 1.38 bits per heavy atom. The van der Waals surface area contributed by atoms with Gasteiger partial charge in [0, 0.05) is 5.92 Å². The molecule has 1 aromatic heterocycles. The molecule has 4 heteroatoms. The van der Waals surface area contributed by atoms with Crippen molar-refractivity contribution in [3.8, 4) is 0 Å². The molecule has 0 aliphatic rings. The summed E-state index contributed by atoms with van der Waals surface area (Å²) in [5.41, 5.74) is 0.191. The van der Waals surface area contributed by atoms with E-state index in [-0.39, 0.29) is 11.5 Å². The molecule has 13 heavy (non-hydrogen) atoms. The fourth-order valence-electron chi connectivity index (χ4n) is 1.02. The van der Waals surface area contributed by atoms with E-state index in [9.17, 15) is 13.2 Å². The van der Waals surface area contributed by atoms with E-state index in [4.69, 9.17) is 4.42 Å². The van der Waals surface area contributed by atoms with Crippen molar-refractivity contribution >= 4 is 0 Å². The van der Waals surface area contributed by atoms with Gasteiger partial charge in [0.15, 0.2) is 0 Å². The quantitative estimate of drug-likeness (QED) is 0.698. The van der Waals surface area contributed by atoms with Crippen molar-refractivity contribution < 1.29 is 17.6 Å². The van der Waals surface area contributed by atoms with E-state index in [1.165, 1.54) is 12.3 Å². The molecule has 0 saturated carbocycles. The SMILES string of the molecule is CC(C)c1cc(CC(F)(F)F)co1. The van der Waals surface area contributed by atoms with Gasteiger partial charge in [0.1, 0.15) is 5.76 Å². The molecule has 0 fully saturated rings. The van der Waals surface area contributed by atoms with E-state index in [1.807, 2.05) is 13.8 Å². The fourth-order valence-corrected chi connectivity index (χ4v) is 1.02. The number of hydrogen-bond acceptors (Lipinski definition) is 1. The van der Waals surface area contributed by atoms with Gasteiger partial charge >= 0.3 is 6.18 Å². The first-order valence-corrected chi connectivity index (χ1v) is 4.02. The summed E-state index contributed by atoms with van der Waals surface area (Å²) in [4.78, 5) is 0. The first kappa shape index (κ1) is 10.2. The third kappa shape index (κ3) is 3.13. The van der Waals surface area contributed by atoms with Crippen LogP contribution in [0, 0.1) is 0 Å². The molecule has 0 radical (unpaired) electrons. The largest absolute Gasteiger partial charge is 0.469 e. The zero-order chi connectivity index (χ0) is 10.1. The Balaban J connectivity index is 2.70. The molecule has 0 N–H and O–H groups in total. The second kappa shape index (κ2) is 3.44. The predicted octanol–water partition coefficient (Wildman–Crippen LogP) is 3.51. The molecular weight excluding hydrogens is 181 g/mol. The maximum Gasteiger partial charge on any atom is 0.393 e. The predicted molar refractivity (Wildman–Crippen MR) is 42.6 cm³/mol. The number of hydrogen-bond donors (Lipinski definition) is 0. The summed E-state index contributed by atoms with van der Waals surface area (Å²) < 4.78 is 40.7. The zero-order valence-electron chi connectivity index (χ0n) is 7.48. The first-order chi connectivity index (χ1) is 5.88. The number of rotatable bonds is 2. The van der Waals surface area contributed by atoms with Crippen LogP contribution >= 0.6 is 0 Å². The van der Waals surface area contributed by atoms with Crippen LogP contribution in [0.25, 0.3) is 0 Å². The van der Waals surface area contributed by atoms with E-state index in [2.05, 4.69) is 0 Å². The highest BCUT2D eigenvalue weighted by atomic mass is 19.4. The molecular formula is C9H11F3O. The highest BCUT2D eigenvalue weighted by molar-refractivity contribution is 5.16. The van der Waals surface area contributed by atoms with Crippen LogP contribution in [0.2, 0.25) is 0 Å². The summed E-state index contributed by atoms with van der Waals surface area (Å²) in [7, 11) is 0. The van der Waals surface area contributed by atoms with Gasteiger partial charge in [-0.25, -0.2) is 0 Å². The van der Waals surface area contributed by atoms with Gasteiger partial charge in [0.2, 0.25) is 0 Å². The Morgan fingerprint density at radius 3 is 2.38 bits per heavy atom. The summed E-state index contributed by atoms with van der Waals surface area (Å²) in [5.74, 6) is 0.723. The van der Waals surface area contributed by atoms with Gasteiger partial charge in [-0.1, -0.05) is 13.8 Å². The molecule has 0 amide bonds. The van der Waals surface area contributed by atoms with Crippen LogP contribution in [0.3, 0.4) is 0 Å². The Labute approximate surface area is 74.5 Å². The Morgan fingerprint density at radius 2 is 2.00 bits per heavy atom. The minimum absolute atomic E-state index is 0.127. The monoisotopic (exact) mass is 192 g/mol. The lowest BCUT2D eigenvalue weighted by molar-refractivity contribution is -0.127. The van der Waals surface area contributed by atoms with Gasteiger partial charge in [-0.05, 0) is 11.6 Å². The molecule has 74 valence electrons. The maximum absolute atomic E-state index is 11.9. The number of alkyl halides is 3. The lowest BCUT2D eigenvalue weighted by atomic mass is 10.1. The summed E-state index contributed by atoms with van der Waals surface area (Å²) in [6.45, 7) is 3.74. The summed E-state index contributed by atoms with van der Waals surface area (Å²) in [6.07, 6.45) is -3.90. The highest BCUT2D eigenvalue weighted by Crippen LogP contribution is 2.24. The van der Waals surface area contributed by atoms with Crippen molar-refractivity contribution in [3.63, 3.8) is 0 Å². The minimum Gasteiger partial charge on any atom is -0.469 e. The minimum atomic E-state index is -4.15. The van der Waals surface area contributed by atoms with Crippen molar-refractivity contribution in [1.29, 1.82) is 0 Å². The molecule has 1 rings (SSSR count). The van der Waals surface area contributed by atoms with Gasteiger partial charge in [-0.15, -0.1) is 0 Å². The Bertz CT molecular complexity index is 273. The molecule has 0 aliphatic carbocycles. The molecule has 0 bridgehead atoms. The van der Waals surface area contributed by atoms with Crippen LogP contribution in [0.1, 0.15) is 31.1 Å². The lowest BCUT2D eigenvalue weighted by Gasteiger charge is -2.02. The van der Waals surface area contributed by atoms with E-state index in [1.54, 1.807) is 0 Å². The Hall–Kier alpha value is -0.930. The van der Waals surface area contributed by atoms with Crippen molar-refractivity contribution in [2.45, 2.75) is 32.4 Å². The molecule has 1 nitrogen and oxygen atoms in total. The summed E-state index contributed by atoms with van der Waals surface area (Å²) in [5, 5.41) is 0. The standard InChI is InChI=1S/C9H11F3O/c1-6(2)8-3-7(5-13-8)4-9(10,11)12/h3,5-6H,4H2,1-2H3. The highest BCUT2D eigenvalue weighted by Gasteiger charge is 2.28. The van der Waals surface area contributed by atoms with Crippen LogP contribution in [0.4, 0.5) is 13.2 Å². The van der Waals surface area contributed by atoms with Crippen LogP contribution in [0.15, 0.2) is 16.7 Å².